The molecule has 0 bridgehead atoms. The molecule has 12 heavy (non-hydrogen) atoms. The molecule has 0 aliphatic heterocycles. The summed E-state index contributed by atoms with van der Waals surface area (Å²) in [6, 6.07) is -0.220. The minimum Gasteiger partial charge on any atom is -0.466 e. The first kappa shape index (κ1) is 11.4. The van der Waals surface area contributed by atoms with Crippen LogP contribution >= 0.6 is 0 Å². The maximum absolute atomic E-state index is 11.0. The van der Waals surface area contributed by atoms with Crippen LogP contribution in [0.1, 0.15) is 27.2 Å². The zero-order valence-electron chi connectivity index (χ0n) is 7.96. The molecular formula is C8H18N2O2. The lowest BCUT2D eigenvalue weighted by Gasteiger charge is -2.27. The lowest BCUT2D eigenvalue weighted by molar-refractivity contribution is -0.144. The van der Waals surface area contributed by atoms with Gasteiger partial charge in [-0.3, -0.25) is 4.79 Å². The van der Waals surface area contributed by atoms with Gasteiger partial charge < -0.3 is 16.2 Å². The minimum atomic E-state index is -0.674. The smallest absolute Gasteiger partial charge is 0.307 e. The van der Waals surface area contributed by atoms with Crippen molar-refractivity contribution >= 4 is 5.97 Å². The number of carbonyl (C=O) groups excluding carboxylic acids is 1. The normalized spacial score (nSPS) is 18.1. The highest BCUT2D eigenvalue weighted by Crippen LogP contribution is 2.10. The molecule has 0 aromatic heterocycles. The SMILES string of the molecule is CCOC(=O)CC(C)(N)C(C)N. The van der Waals surface area contributed by atoms with Gasteiger partial charge in [-0.1, -0.05) is 0 Å². The van der Waals surface area contributed by atoms with E-state index in [1.54, 1.807) is 20.8 Å². The molecule has 2 unspecified atom stereocenters. The standard InChI is InChI=1S/C8H18N2O2/c1-4-12-7(11)5-8(3,10)6(2)9/h6H,4-5,9-10H2,1-3H3. The van der Waals surface area contributed by atoms with E-state index in [0.717, 1.165) is 0 Å². The topological polar surface area (TPSA) is 78.3 Å². The van der Waals surface area contributed by atoms with Gasteiger partial charge >= 0.3 is 5.97 Å². The van der Waals surface area contributed by atoms with Gasteiger partial charge in [-0.15, -0.1) is 0 Å². The Bertz CT molecular complexity index is 155. The quantitative estimate of drug-likeness (QED) is 0.588. The Hall–Kier alpha value is -0.610. The first-order valence-corrected chi connectivity index (χ1v) is 4.10. The highest BCUT2D eigenvalue weighted by Gasteiger charge is 2.27. The Kier molecular flexibility index (Phi) is 4.20. The molecule has 0 saturated carbocycles. The largest absolute Gasteiger partial charge is 0.466 e. The molecule has 0 amide bonds. The van der Waals surface area contributed by atoms with Gasteiger partial charge in [0.05, 0.1) is 13.0 Å². The van der Waals surface area contributed by atoms with E-state index in [9.17, 15) is 4.79 Å². The Morgan fingerprint density at radius 2 is 2.17 bits per heavy atom. The number of rotatable bonds is 4. The number of esters is 1. The first-order chi connectivity index (χ1) is 5.40. The van der Waals surface area contributed by atoms with Crippen LogP contribution in [0.4, 0.5) is 0 Å². The maximum atomic E-state index is 11.0. The van der Waals surface area contributed by atoms with E-state index in [2.05, 4.69) is 0 Å². The zero-order chi connectivity index (χ0) is 9.78. The van der Waals surface area contributed by atoms with E-state index < -0.39 is 5.54 Å². The van der Waals surface area contributed by atoms with Crippen molar-refractivity contribution in [3.8, 4) is 0 Å². The zero-order valence-corrected chi connectivity index (χ0v) is 7.96. The van der Waals surface area contributed by atoms with Crippen LogP contribution in [-0.4, -0.2) is 24.2 Å². The third-order valence-electron chi connectivity index (χ3n) is 1.87. The summed E-state index contributed by atoms with van der Waals surface area (Å²) in [6.07, 6.45) is 0.165. The highest BCUT2D eigenvalue weighted by atomic mass is 16.5. The second-order valence-electron chi connectivity index (χ2n) is 3.28. The molecule has 4 nitrogen and oxygen atoms in total. The summed E-state index contributed by atoms with van der Waals surface area (Å²) >= 11 is 0. The van der Waals surface area contributed by atoms with Crippen molar-refractivity contribution in [1.82, 2.24) is 0 Å². The van der Waals surface area contributed by atoms with Crippen molar-refractivity contribution in [3.05, 3.63) is 0 Å². The number of nitrogens with two attached hydrogens (primary N) is 2. The molecule has 4 N–H and O–H groups in total. The number of carbonyl (C=O) groups is 1. The maximum Gasteiger partial charge on any atom is 0.307 e. The predicted octanol–water partition coefficient (Wildman–Crippen LogP) is 0.00420. The molecule has 2 atom stereocenters. The van der Waals surface area contributed by atoms with Gasteiger partial charge in [-0.25, -0.2) is 0 Å². The van der Waals surface area contributed by atoms with Crippen molar-refractivity contribution < 1.29 is 9.53 Å². The highest BCUT2D eigenvalue weighted by molar-refractivity contribution is 5.70. The first-order valence-electron chi connectivity index (χ1n) is 4.10. The molecule has 4 heteroatoms. The van der Waals surface area contributed by atoms with Crippen LogP contribution in [-0.2, 0) is 9.53 Å². The van der Waals surface area contributed by atoms with Gasteiger partial charge in [0.25, 0.3) is 0 Å². The van der Waals surface area contributed by atoms with Crippen LogP contribution in [0.25, 0.3) is 0 Å². The van der Waals surface area contributed by atoms with Crippen molar-refractivity contribution in [2.45, 2.75) is 38.8 Å². The second kappa shape index (κ2) is 4.42. The Labute approximate surface area is 73.2 Å². The predicted molar refractivity (Wildman–Crippen MR) is 47.5 cm³/mol. The summed E-state index contributed by atoms with van der Waals surface area (Å²) in [5, 5.41) is 0. The molecule has 0 heterocycles. The Balaban J connectivity index is 3.97. The molecule has 0 spiro atoms. The second-order valence-corrected chi connectivity index (χ2v) is 3.28. The summed E-state index contributed by atoms with van der Waals surface area (Å²) in [5.41, 5.74) is 10.7. The summed E-state index contributed by atoms with van der Waals surface area (Å²) in [7, 11) is 0. The van der Waals surface area contributed by atoms with Gasteiger partial charge in [0.1, 0.15) is 0 Å². The fourth-order valence-electron chi connectivity index (χ4n) is 0.684. The Morgan fingerprint density at radius 3 is 2.50 bits per heavy atom. The summed E-state index contributed by atoms with van der Waals surface area (Å²) in [4.78, 5) is 11.0. The molecule has 0 saturated heterocycles. The minimum absolute atomic E-state index is 0.165. The summed E-state index contributed by atoms with van der Waals surface area (Å²) in [6.45, 7) is 5.67. The number of ether oxygens (including phenoxy) is 1. The van der Waals surface area contributed by atoms with Gasteiger partial charge in [-0.05, 0) is 20.8 Å². The average Bonchev–Trinajstić information content (AvgIpc) is 1.85. The van der Waals surface area contributed by atoms with Gasteiger partial charge in [0.2, 0.25) is 0 Å². The summed E-state index contributed by atoms with van der Waals surface area (Å²) < 4.78 is 4.75. The van der Waals surface area contributed by atoms with Crippen LogP contribution in [0.3, 0.4) is 0 Å². The number of hydrogen-bond acceptors (Lipinski definition) is 4. The molecule has 0 aliphatic rings. The van der Waals surface area contributed by atoms with E-state index >= 15 is 0 Å². The Morgan fingerprint density at radius 1 is 1.67 bits per heavy atom. The summed E-state index contributed by atoms with van der Waals surface area (Å²) in [5.74, 6) is -0.292. The lowest BCUT2D eigenvalue weighted by Crippen LogP contribution is -2.52. The van der Waals surface area contributed by atoms with Gasteiger partial charge in [0.15, 0.2) is 0 Å². The molecule has 0 aliphatic carbocycles. The van der Waals surface area contributed by atoms with E-state index in [1.165, 1.54) is 0 Å². The van der Waals surface area contributed by atoms with Gasteiger partial charge in [0, 0.05) is 11.6 Å². The van der Waals surface area contributed by atoms with E-state index in [0.29, 0.717) is 6.61 Å². The fraction of sp³-hybridized carbons (Fsp3) is 0.875. The molecule has 0 radical (unpaired) electrons. The molecule has 0 rings (SSSR count). The monoisotopic (exact) mass is 174 g/mol. The van der Waals surface area contributed by atoms with Crippen molar-refractivity contribution in [1.29, 1.82) is 0 Å². The van der Waals surface area contributed by atoms with Crippen molar-refractivity contribution in [2.75, 3.05) is 6.61 Å². The molecule has 0 aromatic rings. The third-order valence-corrected chi connectivity index (χ3v) is 1.87. The fourth-order valence-corrected chi connectivity index (χ4v) is 0.684. The van der Waals surface area contributed by atoms with Gasteiger partial charge in [-0.2, -0.15) is 0 Å². The van der Waals surface area contributed by atoms with Crippen LogP contribution in [0.2, 0.25) is 0 Å². The molecule has 0 aromatic carbocycles. The van der Waals surface area contributed by atoms with Crippen LogP contribution in [0.5, 0.6) is 0 Å². The van der Waals surface area contributed by atoms with Crippen LogP contribution < -0.4 is 11.5 Å². The van der Waals surface area contributed by atoms with E-state index in [1.807, 2.05) is 0 Å². The molecule has 72 valence electrons. The van der Waals surface area contributed by atoms with E-state index in [-0.39, 0.29) is 18.4 Å². The van der Waals surface area contributed by atoms with Crippen LogP contribution in [0, 0.1) is 0 Å². The van der Waals surface area contributed by atoms with Crippen molar-refractivity contribution in [2.24, 2.45) is 11.5 Å². The molecular weight excluding hydrogens is 156 g/mol. The molecule has 0 fully saturated rings. The third kappa shape index (κ3) is 3.69. The lowest BCUT2D eigenvalue weighted by atomic mass is 9.92. The number of hydrogen-bond donors (Lipinski definition) is 2. The van der Waals surface area contributed by atoms with Crippen LogP contribution in [0.15, 0.2) is 0 Å². The van der Waals surface area contributed by atoms with E-state index in [4.69, 9.17) is 16.2 Å². The average molecular weight is 174 g/mol. The van der Waals surface area contributed by atoms with Crippen molar-refractivity contribution in [3.63, 3.8) is 0 Å².